The van der Waals surface area contributed by atoms with Crippen molar-refractivity contribution in [2.45, 2.75) is 33.3 Å². The molecule has 10 heteroatoms. The molecular formula is C46H44Cl4N2O4. The summed E-state index contributed by atoms with van der Waals surface area (Å²) in [5.41, 5.74) is 5.37. The van der Waals surface area contributed by atoms with Gasteiger partial charge in [-0.05, 0) is 98.5 Å². The van der Waals surface area contributed by atoms with Gasteiger partial charge in [0.05, 0.1) is 39.9 Å². The highest BCUT2D eigenvalue weighted by atomic mass is 35.5. The summed E-state index contributed by atoms with van der Waals surface area (Å²) in [4.78, 5) is 18.8. The highest BCUT2D eigenvalue weighted by Crippen LogP contribution is 2.54. The van der Waals surface area contributed by atoms with Crippen molar-refractivity contribution in [1.29, 1.82) is 0 Å². The Bertz CT molecular complexity index is 2160. The molecule has 1 heterocycles. The van der Waals surface area contributed by atoms with Crippen molar-refractivity contribution in [2.24, 2.45) is 0 Å². The van der Waals surface area contributed by atoms with Gasteiger partial charge in [-0.1, -0.05) is 107 Å². The summed E-state index contributed by atoms with van der Waals surface area (Å²) < 4.78 is 18.5. The van der Waals surface area contributed by atoms with Gasteiger partial charge in [0.1, 0.15) is 11.5 Å². The van der Waals surface area contributed by atoms with Crippen LogP contribution in [-0.2, 0) is 10.3 Å². The minimum Gasteiger partial charge on any atom is -0.496 e. The maximum atomic E-state index is 14.3. The van der Waals surface area contributed by atoms with E-state index in [1.807, 2.05) is 60.7 Å². The molecule has 6 rings (SSSR count). The molecule has 56 heavy (non-hydrogen) atoms. The average Bonchev–Trinajstić information content (AvgIpc) is 3.52. The Kier molecular flexibility index (Phi) is 13.0. The van der Waals surface area contributed by atoms with Crippen LogP contribution in [0.3, 0.4) is 0 Å². The molecule has 1 aliphatic heterocycles. The Morgan fingerprint density at radius 1 is 0.589 bits per heavy atom. The first kappa shape index (κ1) is 41.1. The molecule has 0 amide bonds. The number of benzene rings is 5. The predicted octanol–water partition coefficient (Wildman–Crippen LogP) is 12.6. The van der Waals surface area contributed by atoms with Crippen molar-refractivity contribution < 1.29 is 19.0 Å². The first-order valence-corrected chi connectivity index (χ1v) is 20.1. The van der Waals surface area contributed by atoms with Crippen LogP contribution in [0.5, 0.6) is 11.5 Å². The van der Waals surface area contributed by atoms with Crippen LogP contribution in [-0.4, -0.2) is 46.4 Å². The summed E-state index contributed by atoms with van der Waals surface area (Å²) in [5.74, 6) is 0.529. The van der Waals surface area contributed by atoms with Crippen LogP contribution >= 0.6 is 46.4 Å². The lowest BCUT2D eigenvalue weighted by molar-refractivity contribution is 0.0300. The van der Waals surface area contributed by atoms with E-state index >= 15 is 0 Å². The van der Waals surface area contributed by atoms with Gasteiger partial charge < -0.3 is 24.0 Å². The van der Waals surface area contributed by atoms with Crippen LogP contribution in [0.1, 0.15) is 65.9 Å². The number of hydrogen-bond donors (Lipinski definition) is 0. The summed E-state index contributed by atoms with van der Waals surface area (Å²) in [6.45, 7) is 11.9. The summed E-state index contributed by atoms with van der Waals surface area (Å²) >= 11 is 27.5. The molecule has 0 aromatic heterocycles. The van der Waals surface area contributed by atoms with E-state index in [2.05, 4.69) is 86.0 Å². The summed E-state index contributed by atoms with van der Waals surface area (Å²) in [6, 6.07) is 32.0. The summed E-state index contributed by atoms with van der Waals surface area (Å²) in [7, 11) is 3.25. The molecule has 0 bridgehead atoms. The maximum Gasteiger partial charge on any atom is 0.341 e. The third-order valence-corrected chi connectivity index (χ3v) is 12.1. The maximum absolute atomic E-state index is 14.3. The molecule has 0 aliphatic carbocycles. The van der Waals surface area contributed by atoms with Gasteiger partial charge in [0.15, 0.2) is 5.60 Å². The number of cyclic esters (lactones) is 1. The van der Waals surface area contributed by atoms with E-state index in [1.165, 1.54) is 0 Å². The van der Waals surface area contributed by atoms with Crippen molar-refractivity contribution in [3.63, 3.8) is 0 Å². The second kappa shape index (κ2) is 17.7. The number of hydrogen-bond acceptors (Lipinski definition) is 6. The van der Waals surface area contributed by atoms with E-state index in [1.54, 1.807) is 14.2 Å². The fourth-order valence-electron chi connectivity index (χ4n) is 7.37. The van der Waals surface area contributed by atoms with Gasteiger partial charge in [-0.2, -0.15) is 0 Å². The lowest BCUT2D eigenvalue weighted by atomic mass is 9.82. The summed E-state index contributed by atoms with van der Waals surface area (Å²) in [5, 5.41) is -0.0328. The minimum atomic E-state index is -1.69. The molecule has 6 nitrogen and oxygen atoms in total. The Morgan fingerprint density at radius 2 is 0.982 bits per heavy atom. The van der Waals surface area contributed by atoms with Gasteiger partial charge in [-0.3, -0.25) is 0 Å². The van der Waals surface area contributed by atoms with Crippen LogP contribution in [0.4, 0.5) is 11.4 Å². The smallest absolute Gasteiger partial charge is 0.341 e. The highest BCUT2D eigenvalue weighted by Gasteiger charge is 2.48. The number of halogens is 4. The monoisotopic (exact) mass is 828 g/mol. The normalized spacial score (nSPS) is 13.6. The number of ether oxygens (including phenoxy) is 3. The minimum absolute atomic E-state index is 0.00592. The van der Waals surface area contributed by atoms with E-state index in [0.717, 1.165) is 59.8 Å². The molecule has 0 atom stereocenters. The Labute approximate surface area is 349 Å². The second-order valence-corrected chi connectivity index (χ2v) is 14.7. The zero-order valence-electron chi connectivity index (χ0n) is 32.3. The van der Waals surface area contributed by atoms with Crippen LogP contribution in [0.15, 0.2) is 109 Å². The third kappa shape index (κ3) is 7.73. The number of fused-ring (bicyclic) bond motifs is 1. The lowest BCUT2D eigenvalue weighted by Crippen LogP contribution is -2.23. The average molecular weight is 831 g/mol. The van der Waals surface area contributed by atoms with Gasteiger partial charge in [0, 0.05) is 54.2 Å². The van der Waals surface area contributed by atoms with Crippen LogP contribution < -0.4 is 19.3 Å². The fourth-order valence-corrected chi connectivity index (χ4v) is 8.45. The number of esters is 1. The topological polar surface area (TPSA) is 51.2 Å². The molecule has 0 spiro atoms. The zero-order chi connectivity index (χ0) is 40.1. The van der Waals surface area contributed by atoms with E-state index in [0.29, 0.717) is 22.6 Å². The standard InChI is InChI=1S/C46H44Cl4N2O4/c1-7-51(8-2)31-23-19-29(20-24-31)35(33-15-11-13-17-37(33)54-5)27-46(40-39(45(53)56-46)41(47)43(49)44(50)42(40)48)28-36(34-16-12-14-18-38(34)55-6)30-21-25-32(26-22-30)52(9-3)10-4/h11-28H,7-10H2,1-6H3/b35-27-,36-28-. The number of para-hydroxylation sites is 2. The number of rotatable bonds is 14. The zero-order valence-corrected chi connectivity index (χ0v) is 35.3. The molecule has 0 radical (unpaired) electrons. The van der Waals surface area contributed by atoms with Gasteiger partial charge >= 0.3 is 5.97 Å². The van der Waals surface area contributed by atoms with Crippen LogP contribution in [0.2, 0.25) is 20.1 Å². The van der Waals surface area contributed by atoms with Crippen LogP contribution in [0.25, 0.3) is 11.1 Å². The molecule has 5 aromatic carbocycles. The molecule has 290 valence electrons. The number of methoxy groups -OCH3 is 2. The van der Waals surface area contributed by atoms with Crippen molar-refractivity contribution in [1.82, 2.24) is 0 Å². The van der Waals surface area contributed by atoms with Crippen molar-refractivity contribution in [3.8, 4) is 11.5 Å². The van der Waals surface area contributed by atoms with E-state index in [-0.39, 0.29) is 31.2 Å². The lowest BCUT2D eigenvalue weighted by Gasteiger charge is -2.28. The highest BCUT2D eigenvalue weighted by molar-refractivity contribution is 6.53. The molecule has 1 aliphatic rings. The largest absolute Gasteiger partial charge is 0.496 e. The van der Waals surface area contributed by atoms with E-state index < -0.39 is 11.6 Å². The molecule has 0 saturated heterocycles. The van der Waals surface area contributed by atoms with E-state index in [4.69, 9.17) is 60.6 Å². The molecule has 0 fully saturated rings. The Morgan fingerprint density at radius 3 is 1.38 bits per heavy atom. The molecule has 0 unspecified atom stereocenters. The predicted molar refractivity (Wildman–Crippen MR) is 234 cm³/mol. The number of carbonyl (C=O) groups is 1. The van der Waals surface area contributed by atoms with E-state index in [9.17, 15) is 4.79 Å². The van der Waals surface area contributed by atoms with Gasteiger partial charge in [0.25, 0.3) is 0 Å². The molecule has 0 N–H and O–H groups in total. The second-order valence-electron chi connectivity index (χ2n) is 13.1. The first-order valence-electron chi connectivity index (χ1n) is 18.6. The van der Waals surface area contributed by atoms with Crippen molar-refractivity contribution >= 4 is 74.9 Å². The van der Waals surface area contributed by atoms with Gasteiger partial charge in [0.2, 0.25) is 0 Å². The number of carbonyl (C=O) groups excluding carboxylic acids is 1. The Balaban J connectivity index is 1.76. The first-order chi connectivity index (χ1) is 27.1. The quantitative estimate of drug-likeness (QED) is 0.0631. The summed E-state index contributed by atoms with van der Waals surface area (Å²) in [6.07, 6.45) is 3.79. The van der Waals surface area contributed by atoms with Crippen molar-refractivity contribution in [3.05, 3.63) is 163 Å². The van der Waals surface area contributed by atoms with Crippen LogP contribution in [0, 0.1) is 0 Å². The third-order valence-electron chi connectivity index (χ3n) is 10.2. The fraction of sp³-hybridized carbons (Fsp3) is 0.239. The molecule has 5 aromatic rings. The molecule has 0 saturated carbocycles. The van der Waals surface area contributed by atoms with Crippen molar-refractivity contribution in [2.75, 3.05) is 50.2 Å². The van der Waals surface area contributed by atoms with Gasteiger partial charge in [-0.15, -0.1) is 0 Å². The SMILES string of the molecule is CCN(CC)c1ccc(/C(=C/C2(/C=C(/c3ccc(N(CC)CC)cc3)c3ccccc3OC)OC(=O)c3c(Cl)c(Cl)c(Cl)c(Cl)c32)c2ccccc2OC)cc1. The number of nitrogens with zero attached hydrogens (tertiary/aromatic N) is 2. The van der Waals surface area contributed by atoms with Gasteiger partial charge in [-0.25, -0.2) is 4.79 Å². The Hall–Kier alpha value is -4.59. The number of anilines is 2. The molecular weight excluding hydrogens is 786 g/mol.